The second-order valence-corrected chi connectivity index (χ2v) is 5.86. The Hall–Kier alpha value is -1.06. The van der Waals surface area contributed by atoms with Gasteiger partial charge in [0.2, 0.25) is 5.91 Å². The number of carbonyl (C=O) groups excluding carboxylic acids is 1. The number of hydrogen-bond acceptors (Lipinski definition) is 2. The number of hydrogen-bond donors (Lipinski definition) is 2. The number of fused-ring (bicyclic) bond motifs is 2. The molecular weight excluding hydrogens is 230 g/mol. The number of aliphatic carboxylic acids is 1. The van der Waals surface area contributed by atoms with Crippen LogP contribution in [0, 0.1) is 17.8 Å². The third kappa shape index (κ3) is 2.13. The maximum absolute atomic E-state index is 12.3. The minimum Gasteiger partial charge on any atom is -0.480 e. The molecule has 0 radical (unpaired) electrons. The Morgan fingerprint density at radius 2 is 1.89 bits per heavy atom. The molecule has 0 spiro atoms. The smallest absolute Gasteiger partial charge is 0.329 e. The topological polar surface area (TPSA) is 66.4 Å². The first-order chi connectivity index (χ1) is 8.52. The normalized spacial score (nSPS) is 30.4. The van der Waals surface area contributed by atoms with E-state index in [0.29, 0.717) is 24.7 Å². The number of carboxylic acids is 1. The molecule has 102 valence electrons. The molecule has 0 aromatic heterocycles. The lowest BCUT2D eigenvalue weighted by atomic mass is 9.86. The van der Waals surface area contributed by atoms with Crippen molar-refractivity contribution in [3.8, 4) is 0 Å². The number of carboxylic acid groups (broad SMARTS) is 1. The minimum absolute atomic E-state index is 0.0340. The molecule has 2 aliphatic rings. The van der Waals surface area contributed by atoms with Gasteiger partial charge in [-0.3, -0.25) is 4.79 Å². The average Bonchev–Trinajstić information content (AvgIpc) is 2.97. The molecule has 3 unspecified atom stereocenters. The number of rotatable bonds is 5. The lowest BCUT2D eigenvalue weighted by molar-refractivity contribution is -0.149. The van der Waals surface area contributed by atoms with Gasteiger partial charge < -0.3 is 10.4 Å². The molecular formula is C14H23NO3. The molecule has 18 heavy (non-hydrogen) atoms. The second kappa shape index (κ2) is 4.90. The molecule has 0 aromatic rings. The minimum atomic E-state index is -1.07. The van der Waals surface area contributed by atoms with E-state index in [0.717, 1.165) is 19.3 Å². The fraction of sp³-hybridized carbons (Fsp3) is 0.857. The lowest BCUT2D eigenvalue weighted by Crippen LogP contribution is -2.55. The summed E-state index contributed by atoms with van der Waals surface area (Å²) in [5.74, 6) is 0.307. The Balaban J connectivity index is 2.03. The molecule has 0 aromatic carbocycles. The van der Waals surface area contributed by atoms with Crippen molar-refractivity contribution < 1.29 is 14.7 Å². The van der Waals surface area contributed by atoms with Crippen molar-refractivity contribution >= 4 is 11.9 Å². The average molecular weight is 253 g/mol. The van der Waals surface area contributed by atoms with Crippen molar-refractivity contribution in [1.82, 2.24) is 5.32 Å². The van der Waals surface area contributed by atoms with E-state index in [1.165, 1.54) is 6.42 Å². The fourth-order valence-electron chi connectivity index (χ4n) is 3.68. The fourth-order valence-corrected chi connectivity index (χ4v) is 3.68. The Morgan fingerprint density at radius 1 is 1.22 bits per heavy atom. The summed E-state index contributed by atoms with van der Waals surface area (Å²) in [6.45, 7) is 3.64. The van der Waals surface area contributed by atoms with Gasteiger partial charge in [-0.15, -0.1) is 0 Å². The molecule has 3 atom stereocenters. The van der Waals surface area contributed by atoms with E-state index >= 15 is 0 Å². The van der Waals surface area contributed by atoms with Crippen LogP contribution in [0.25, 0.3) is 0 Å². The third-order valence-corrected chi connectivity index (χ3v) is 5.05. The summed E-state index contributed by atoms with van der Waals surface area (Å²) in [7, 11) is 0. The van der Waals surface area contributed by atoms with Crippen LogP contribution in [0.3, 0.4) is 0 Å². The van der Waals surface area contributed by atoms with Gasteiger partial charge >= 0.3 is 5.97 Å². The van der Waals surface area contributed by atoms with Crippen LogP contribution in [-0.4, -0.2) is 22.5 Å². The van der Waals surface area contributed by atoms with Gasteiger partial charge in [-0.25, -0.2) is 4.79 Å². The molecule has 4 heteroatoms. The van der Waals surface area contributed by atoms with Crippen LogP contribution in [0.5, 0.6) is 0 Å². The summed E-state index contributed by atoms with van der Waals surface area (Å²) >= 11 is 0. The van der Waals surface area contributed by atoms with Crippen molar-refractivity contribution in [1.29, 1.82) is 0 Å². The highest BCUT2D eigenvalue weighted by atomic mass is 16.4. The third-order valence-electron chi connectivity index (χ3n) is 5.05. The molecule has 1 amide bonds. The van der Waals surface area contributed by atoms with Crippen LogP contribution >= 0.6 is 0 Å². The van der Waals surface area contributed by atoms with Gasteiger partial charge in [-0.1, -0.05) is 20.3 Å². The summed E-state index contributed by atoms with van der Waals surface area (Å²) in [6.07, 6.45) is 5.38. The van der Waals surface area contributed by atoms with Gasteiger partial charge in [0.25, 0.3) is 0 Å². The molecule has 0 aliphatic heterocycles. The number of carbonyl (C=O) groups is 2. The van der Waals surface area contributed by atoms with Crippen molar-refractivity contribution in [2.75, 3.05) is 0 Å². The quantitative estimate of drug-likeness (QED) is 0.789. The molecule has 2 aliphatic carbocycles. The molecule has 0 saturated heterocycles. The predicted molar refractivity (Wildman–Crippen MR) is 68.0 cm³/mol. The maximum atomic E-state index is 12.3. The van der Waals surface area contributed by atoms with Crippen LogP contribution in [0.1, 0.15) is 52.4 Å². The van der Waals surface area contributed by atoms with E-state index in [2.05, 4.69) is 5.32 Å². The van der Waals surface area contributed by atoms with Crippen LogP contribution in [0.4, 0.5) is 0 Å². The number of nitrogens with one attached hydrogen (secondary N) is 1. The van der Waals surface area contributed by atoms with Gasteiger partial charge in [-0.2, -0.15) is 0 Å². The van der Waals surface area contributed by atoms with Gasteiger partial charge in [-0.05, 0) is 43.9 Å². The van der Waals surface area contributed by atoms with Gasteiger partial charge in [0.05, 0.1) is 0 Å². The summed E-state index contributed by atoms with van der Waals surface area (Å²) in [6, 6.07) is 0. The SMILES string of the molecule is CCC(CC)(NC(=O)C1CC2CCC1C2)C(=O)O. The van der Waals surface area contributed by atoms with Crippen molar-refractivity contribution in [3.05, 3.63) is 0 Å². The van der Waals surface area contributed by atoms with E-state index in [9.17, 15) is 14.7 Å². The predicted octanol–water partition coefficient (Wildman–Crippen LogP) is 2.18. The van der Waals surface area contributed by atoms with Crippen LogP contribution in [-0.2, 0) is 9.59 Å². The highest BCUT2D eigenvalue weighted by Crippen LogP contribution is 2.48. The number of amides is 1. The Bertz CT molecular complexity index is 349. The van der Waals surface area contributed by atoms with E-state index in [4.69, 9.17) is 0 Å². The Kier molecular flexibility index (Phi) is 3.64. The van der Waals surface area contributed by atoms with Gasteiger partial charge in [0.15, 0.2) is 0 Å². The first-order valence-electron chi connectivity index (χ1n) is 7.07. The summed E-state index contributed by atoms with van der Waals surface area (Å²) in [5, 5.41) is 12.2. The largest absolute Gasteiger partial charge is 0.480 e. The standard InChI is InChI=1S/C14H23NO3/c1-3-14(4-2,13(17)18)15-12(16)11-8-9-5-6-10(11)7-9/h9-11H,3-8H2,1-2H3,(H,15,16)(H,17,18). The zero-order valence-corrected chi connectivity index (χ0v) is 11.2. The zero-order valence-electron chi connectivity index (χ0n) is 11.2. The Labute approximate surface area is 108 Å². The lowest BCUT2D eigenvalue weighted by Gasteiger charge is -2.31. The zero-order chi connectivity index (χ0) is 13.3. The molecule has 4 nitrogen and oxygen atoms in total. The van der Waals surface area contributed by atoms with E-state index in [1.54, 1.807) is 0 Å². The molecule has 2 fully saturated rings. The van der Waals surface area contributed by atoms with Crippen LogP contribution in [0.2, 0.25) is 0 Å². The first kappa shape index (κ1) is 13.4. The second-order valence-electron chi connectivity index (χ2n) is 5.86. The molecule has 2 bridgehead atoms. The molecule has 2 N–H and O–H groups in total. The van der Waals surface area contributed by atoms with Crippen molar-refractivity contribution in [2.45, 2.75) is 57.9 Å². The first-order valence-corrected chi connectivity index (χ1v) is 7.07. The van der Waals surface area contributed by atoms with E-state index in [1.807, 2.05) is 13.8 Å². The van der Waals surface area contributed by atoms with Crippen LogP contribution < -0.4 is 5.32 Å². The van der Waals surface area contributed by atoms with E-state index < -0.39 is 11.5 Å². The Morgan fingerprint density at radius 3 is 2.28 bits per heavy atom. The molecule has 2 saturated carbocycles. The van der Waals surface area contributed by atoms with Crippen LogP contribution in [0.15, 0.2) is 0 Å². The summed E-state index contributed by atoms with van der Waals surface area (Å²) in [4.78, 5) is 23.7. The highest BCUT2D eigenvalue weighted by molar-refractivity contribution is 5.88. The van der Waals surface area contributed by atoms with Gasteiger partial charge in [0, 0.05) is 5.92 Å². The van der Waals surface area contributed by atoms with Crippen molar-refractivity contribution in [3.63, 3.8) is 0 Å². The van der Waals surface area contributed by atoms with Crippen molar-refractivity contribution in [2.24, 2.45) is 17.8 Å². The monoisotopic (exact) mass is 253 g/mol. The maximum Gasteiger partial charge on any atom is 0.329 e. The molecule has 0 heterocycles. The highest BCUT2D eigenvalue weighted by Gasteiger charge is 2.46. The summed E-state index contributed by atoms with van der Waals surface area (Å²) in [5.41, 5.74) is -1.07. The van der Waals surface area contributed by atoms with Gasteiger partial charge in [0.1, 0.15) is 5.54 Å². The molecule has 2 rings (SSSR count). The van der Waals surface area contributed by atoms with E-state index in [-0.39, 0.29) is 11.8 Å². The summed E-state index contributed by atoms with van der Waals surface area (Å²) < 4.78 is 0.